The fraction of sp³-hybridized carbons (Fsp3) is 0.542. The van der Waals surface area contributed by atoms with Gasteiger partial charge in [0.25, 0.3) is 0 Å². The number of nitrogens with zero attached hydrogens (tertiary/aromatic N) is 1. The van der Waals surface area contributed by atoms with Gasteiger partial charge in [0.05, 0.1) is 5.69 Å². The molecule has 0 bridgehead atoms. The predicted molar refractivity (Wildman–Crippen MR) is 113 cm³/mol. The molecule has 0 spiro atoms. The van der Waals surface area contributed by atoms with E-state index in [1.54, 1.807) is 0 Å². The van der Waals surface area contributed by atoms with Gasteiger partial charge in [-0.3, -0.25) is 0 Å². The fourth-order valence-electron chi connectivity index (χ4n) is 4.08. The second-order valence-electron chi connectivity index (χ2n) is 9.01. The SMILES string of the molecule is CCCNc1nc(-c2ccc3c(c2)C(C)(C)CCC3(C)C)ccc1CC. The van der Waals surface area contributed by atoms with Gasteiger partial charge < -0.3 is 5.32 Å². The predicted octanol–water partition coefficient (Wildman–Crippen LogP) is 6.48. The summed E-state index contributed by atoms with van der Waals surface area (Å²) >= 11 is 0. The van der Waals surface area contributed by atoms with E-state index >= 15 is 0 Å². The van der Waals surface area contributed by atoms with Crippen LogP contribution in [0, 0.1) is 0 Å². The number of pyridine rings is 1. The third-order valence-corrected chi connectivity index (χ3v) is 6.05. The molecule has 1 aliphatic rings. The van der Waals surface area contributed by atoms with Crippen molar-refractivity contribution in [2.45, 2.75) is 78.1 Å². The lowest BCUT2D eigenvalue weighted by Crippen LogP contribution is -2.33. The van der Waals surface area contributed by atoms with Gasteiger partial charge in [-0.1, -0.05) is 59.7 Å². The average molecular weight is 351 g/mol. The van der Waals surface area contributed by atoms with E-state index in [4.69, 9.17) is 4.98 Å². The highest BCUT2D eigenvalue weighted by molar-refractivity contribution is 5.65. The van der Waals surface area contributed by atoms with Crippen molar-refractivity contribution in [1.82, 2.24) is 4.98 Å². The number of fused-ring (bicyclic) bond motifs is 1. The molecule has 2 aromatic rings. The molecule has 0 radical (unpaired) electrons. The lowest BCUT2D eigenvalue weighted by molar-refractivity contribution is 0.332. The van der Waals surface area contributed by atoms with Crippen LogP contribution in [0.15, 0.2) is 30.3 Å². The Bertz CT molecular complexity index is 787. The van der Waals surface area contributed by atoms with Gasteiger partial charge in [0.15, 0.2) is 0 Å². The molecular weight excluding hydrogens is 316 g/mol. The minimum absolute atomic E-state index is 0.230. The van der Waals surface area contributed by atoms with Gasteiger partial charge in [0.2, 0.25) is 0 Å². The Hall–Kier alpha value is -1.83. The van der Waals surface area contributed by atoms with Crippen molar-refractivity contribution >= 4 is 5.82 Å². The van der Waals surface area contributed by atoms with E-state index in [2.05, 4.69) is 77.2 Å². The van der Waals surface area contributed by atoms with Crippen molar-refractivity contribution in [3.8, 4) is 11.3 Å². The molecule has 0 saturated carbocycles. The lowest BCUT2D eigenvalue weighted by Gasteiger charge is -2.42. The second kappa shape index (κ2) is 7.06. The molecule has 2 nitrogen and oxygen atoms in total. The molecule has 140 valence electrons. The molecule has 2 heteroatoms. The Kier molecular flexibility index (Phi) is 5.14. The third kappa shape index (κ3) is 3.51. The monoisotopic (exact) mass is 350 g/mol. The Morgan fingerprint density at radius 1 is 0.923 bits per heavy atom. The second-order valence-corrected chi connectivity index (χ2v) is 9.01. The zero-order valence-corrected chi connectivity index (χ0v) is 17.4. The van der Waals surface area contributed by atoms with E-state index in [1.165, 1.54) is 35.1 Å². The fourth-order valence-corrected chi connectivity index (χ4v) is 4.08. The first-order chi connectivity index (χ1) is 12.3. The van der Waals surface area contributed by atoms with E-state index in [1.807, 2.05) is 0 Å². The molecule has 0 saturated heterocycles. The first-order valence-corrected chi connectivity index (χ1v) is 10.2. The number of rotatable bonds is 5. The zero-order valence-electron chi connectivity index (χ0n) is 17.4. The van der Waals surface area contributed by atoms with Gasteiger partial charge in [-0.15, -0.1) is 0 Å². The molecular formula is C24H34N2. The Morgan fingerprint density at radius 3 is 2.27 bits per heavy atom. The normalized spacial score (nSPS) is 17.6. The minimum Gasteiger partial charge on any atom is -0.370 e. The molecule has 1 N–H and O–H groups in total. The van der Waals surface area contributed by atoms with Crippen LogP contribution in [-0.4, -0.2) is 11.5 Å². The molecule has 0 atom stereocenters. The first kappa shape index (κ1) is 18.9. The van der Waals surface area contributed by atoms with Crippen LogP contribution in [0.5, 0.6) is 0 Å². The molecule has 1 heterocycles. The quantitative estimate of drug-likeness (QED) is 0.667. The minimum atomic E-state index is 0.230. The molecule has 3 rings (SSSR count). The van der Waals surface area contributed by atoms with E-state index in [0.717, 1.165) is 30.9 Å². The first-order valence-electron chi connectivity index (χ1n) is 10.2. The Morgan fingerprint density at radius 2 is 1.62 bits per heavy atom. The summed E-state index contributed by atoms with van der Waals surface area (Å²) in [6.45, 7) is 14.9. The van der Waals surface area contributed by atoms with Gasteiger partial charge in [0, 0.05) is 12.1 Å². The summed E-state index contributed by atoms with van der Waals surface area (Å²) in [6, 6.07) is 11.4. The van der Waals surface area contributed by atoms with Crippen LogP contribution in [0.2, 0.25) is 0 Å². The summed E-state index contributed by atoms with van der Waals surface area (Å²) in [5.41, 5.74) is 7.09. The molecule has 1 aromatic carbocycles. The van der Waals surface area contributed by atoms with Gasteiger partial charge >= 0.3 is 0 Å². The summed E-state index contributed by atoms with van der Waals surface area (Å²) in [7, 11) is 0. The van der Waals surface area contributed by atoms with Gasteiger partial charge in [0.1, 0.15) is 5.82 Å². The highest BCUT2D eigenvalue weighted by Gasteiger charge is 2.37. The van der Waals surface area contributed by atoms with Crippen molar-refractivity contribution in [2.75, 3.05) is 11.9 Å². The summed E-state index contributed by atoms with van der Waals surface area (Å²) in [6.07, 6.45) is 4.60. The van der Waals surface area contributed by atoms with E-state index < -0.39 is 0 Å². The number of aromatic nitrogens is 1. The van der Waals surface area contributed by atoms with Crippen molar-refractivity contribution in [2.24, 2.45) is 0 Å². The highest BCUT2D eigenvalue weighted by Crippen LogP contribution is 2.46. The standard InChI is InChI=1S/C24H34N2/c1-7-15-25-22-17(8-2)10-12-21(26-22)18-9-11-19-20(16-18)24(5,6)14-13-23(19,3)4/h9-12,16H,7-8,13-15H2,1-6H3,(H,25,26). The Labute approximate surface area is 159 Å². The van der Waals surface area contributed by atoms with Crippen LogP contribution < -0.4 is 5.32 Å². The maximum absolute atomic E-state index is 4.97. The van der Waals surface area contributed by atoms with Crippen LogP contribution in [0.3, 0.4) is 0 Å². The smallest absolute Gasteiger partial charge is 0.129 e. The molecule has 0 unspecified atom stereocenters. The summed E-state index contributed by atoms with van der Waals surface area (Å²) in [5.74, 6) is 1.05. The average Bonchev–Trinajstić information content (AvgIpc) is 2.63. The molecule has 0 aliphatic heterocycles. The topological polar surface area (TPSA) is 24.9 Å². The van der Waals surface area contributed by atoms with Crippen molar-refractivity contribution in [3.63, 3.8) is 0 Å². The van der Waals surface area contributed by atoms with E-state index in [-0.39, 0.29) is 10.8 Å². The largest absolute Gasteiger partial charge is 0.370 e. The van der Waals surface area contributed by atoms with Gasteiger partial charge in [-0.2, -0.15) is 0 Å². The van der Waals surface area contributed by atoms with Crippen LogP contribution in [0.25, 0.3) is 11.3 Å². The van der Waals surface area contributed by atoms with E-state index in [0.29, 0.717) is 0 Å². The summed E-state index contributed by atoms with van der Waals surface area (Å²) in [5, 5.41) is 3.50. The maximum Gasteiger partial charge on any atom is 0.129 e. The Balaban J connectivity index is 2.06. The molecule has 26 heavy (non-hydrogen) atoms. The van der Waals surface area contributed by atoms with Crippen molar-refractivity contribution < 1.29 is 0 Å². The number of hydrogen-bond donors (Lipinski definition) is 1. The number of hydrogen-bond acceptors (Lipinski definition) is 2. The zero-order chi connectivity index (χ0) is 18.9. The van der Waals surface area contributed by atoms with Crippen molar-refractivity contribution in [1.29, 1.82) is 0 Å². The van der Waals surface area contributed by atoms with Crippen LogP contribution in [-0.2, 0) is 17.3 Å². The molecule has 0 fully saturated rings. The highest BCUT2D eigenvalue weighted by atomic mass is 15.0. The maximum atomic E-state index is 4.97. The number of benzene rings is 1. The molecule has 1 aliphatic carbocycles. The number of aryl methyl sites for hydroxylation is 1. The van der Waals surface area contributed by atoms with Crippen LogP contribution in [0.1, 0.15) is 77.5 Å². The molecule has 1 aromatic heterocycles. The van der Waals surface area contributed by atoms with E-state index in [9.17, 15) is 0 Å². The summed E-state index contributed by atoms with van der Waals surface area (Å²) in [4.78, 5) is 4.97. The third-order valence-electron chi connectivity index (χ3n) is 6.05. The lowest BCUT2D eigenvalue weighted by atomic mass is 9.63. The van der Waals surface area contributed by atoms with Crippen LogP contribution >= 0.6 is 0 Å². The van der Waals surface area contributed by atoms with Gasteiger partial charge in [-0.25, -0.2) is 4.98 Å². The number of anilines is 1. The summed E-state index contributed by atoms with van der Waals surface area (Å²) < 4.78 is 0. The number of nitrogens with one attached hydrogen (secondary N) is 1. The van der Waals surface area contributed by atoms with Crippen molar-refractivity contribution in [3.05, 3.63) is 47.0 Å². The molecule has 0 amide bonds. The van der Waals surface area contributed by atoms with Crippen LogP contribution in [0.4, 0.5) is 5.82 Å². The van der Waals surface area contributed by atoms with Gasteiger partial charge in [-0.05, 0) is 65.3 Å².